The quantitative estimate of drug-likeness (QED) is 0.197. The van der Waals surface area contributed by atoms with E-state index in [-0.39, 0.29) is 11.6 Å². The highest BCUT2D eigenvalue weighted by Gasteiger charge is 2.31. The van der Waals surface area contributed by atoms with Gasteiger partial charge in [-0.2, -0.15) is 13.2 Å². The number of hydrogen-bond donors (Lipinski definition) is 2. The second kappa shape index (κ2) is 11.7. The molecule has 0 bridgehead atoms. The van der Waals surface area contributed by atoms with Gasteiger partial charge in [0.25, 0.3) is 5.91 Å². The number of hydrogen-bond acceptors (Lipinski definition) is 3. The van der Waals surface area contributed by atoms with Crippen LogP contribution in [0.4, 0.5) is 24.5 Å². The van der Waals surface area contributed by atoms with Gasteiger partial charge in [0.15, 0.2) is 0 Å². The third-order valence-electron chi connectivity index (χ3n) is 6.18. The van der Waals surface area contributed by atoms with E-state index in [0.29, 0.717) is 16.8 Å². The van der Waals surface area contributed by atoms with Crippen LogP contribution in [0.25, 0.3) is 10.8 Å². The van der Waals surface area contributed by atoms with Crippen molar-refractivity contribution in [3.05, 3.63) is 138 Å². The number of amides is 2. The number of carbonyl (C=O) groups excluding carboxylic acids is 2. The van der Waals surface area contributed by atoms with Crippen LogP contribution in [0.5, 0.6) is 0 Å². The molecule has 5 aromatic rings. The predicted molar refractivity (Wildman–Crippen MR) is 153 cm³/mol. The third-order valence-corrected chi connectivity index (χ3v) is 7.44. The van der Waals surface area contributed by atoms with Crippen molar-refractivity contribution in [3.63, 3.8) is 0 Å². The van der Waals surface area contributed by atoms with Gasteiger partial charge in [0, 0.05) is 21.8 Å². The first-order valence-electron chi connectivity index (χ1n) is 12.4. The van der Waals surface area contributed by atoms with E-state index in [1.807, 2.05) is 42.5 Å². The van der Waals surface area contributed by atoms with Crippen LogP contribution in [0.2, 0.25) is 0 Å². The lowest BCUT2D eigenvalue weighted by Crippen LogP contribution is -2.19. The maximum Gasteiger partial charge on any atom is 0.416 e. The molecule has 40 heavy (non-hydrogen) atoms. The molecule has 1 unspecified atom stereocenters. The number of fused-ring (bicyclic) bond motifs is 1. The number of carbonyl (C=O) groups is 2. The molecule has 0 fully saturated rings. The summed E-state index contributed by atoms with van der Waals surface area (Å²) in [5, 5.41) is 6.80. The molecule has 2 N–H and O–H groups in total. The molecule has 0 aliphatic heterocycles. The van der Waals surface area contributed by atoms with E-state index in [0.717, 1.165) is 27.8 Å². The van der Waals surface area contributed by atoms with Crippen LogP contribution >= 0.6 is 11.8 Å². The minimum Gasteiger partial charge on any atom is -0.325 e. The van der Waals surface area contributed by atoms with Crippen molar-refractivity contribution in [2.75, 3.05) is 10.6 Å². The van der Waals surface area contributed by atoms with E-state index in [4.69, 9.17) is 0 Å². The van der Waals surface area contributed by atoms with Gasteiger partial charge >= 0.3 is 6.18 Å². The van der Waals surface area contributed by atoms with Gasteiger partial charge in [0.2, 0.25) is 5.91 Å². The van der Waals surface area contributed by atoms with Crippen LogP contribution in [-0.2, 0) is 11.0 Å². The van der Waals surface area contributed by atoms with Crippen molar-refractivity contribution in [1.82, 2.24) is 0 Å². The Morgan fingerprint density at radius 1 is 0.650 bits per heavy atom. The smallest absolute Gasteiger partial charge is 0.325 e. The fourth-order valence-electron chi connectivity index (χ4n) is 4.17. The monoisotopic (exact) mass is 556 g/mol. The van der Waals surface area contributed by atoms with E-state index in [2.05, 4.69) is 10.6 Å². The number of benzene rings is 5. The van der Waals surface area contributed by atoms with Crippen molar-refractivity contribution in [1.29, 1.82) is 0 Å². The summed E-state index contributed by atoms with van der Waals surface area (Å²) < 4.78 is 39.4. The molecule has 0 aliphatic rings. The van der Waals surface area contributed by atoms with Crippen molar-refractivity contribution in [2.45, 2.75) is 16.3 Å². The molecule has 200 valence electrons. The SMILES string of the molecule is O=C(Nc1ccc(SC(C(=O)Nc2cccc(C(F)(F)F)c2)c2ccccc2)cc1)c1ccc2ccccc2c1. The zero-order chi connectivity index (χ0) is 28.1. The van der Waals surface area contributed by atoms with Gasteiger partial charge in [-0.25, -0.2) is 0 Å². The lowest BCUT2D eigenvalue weighted by molar-refractivity contribution is -0.137. The molecule has 0 aromatic heterocycles. The average molecular weight is 557 g/mol. The number of rotatable bonds is 7. The van der Waals surface area contributed by atoms with Crippen molar-refractivity contribution in [3.8, 4) is 0 Å². The maximum atomic E-state index is 13.3. The van der Waals surface area contributed by atoms with Crippen molar-refractivity contribution >= 4 is 45.7 Å². The van der Waals surface area contributed by atoms with E-state index in [1.165, 1.54) is 23.9 Å². The minimum absolute atomic E-state index is 0.0631. The normalized spacial score (nSPS) is 12.1. The van der Waals surface area contributed by atoms with Crippen LogP contribution in [0, 0.1) is 0 Å². The summed E-state index contributed by atoms with van der Waals surface area (Å²) in [5.41, 5.74) is 1.05. The third kappa shape index (κ3) is 6.52. The van der Waals surface area contributed by atoms with Crippen LogP contribution in [0.3, 0.4) is 0 Å². The fraction of sp³-hybridized carbons (Fsp3) is 0.0625. The van der Waals surface area contributed by atoms with E-state index >= 15 is 0 Å². The number of thioether (sulfide) groups is 1. The first kappa shape index (κ1) is 27.0. The Morgan fingerprint density at radius 2 is 1.35 bits per heavy atom. The molecule has 0 saturated heterocycles. The number of nitrogens with one attached hydrogen (secondary N) is 2. The Hall–Kier alpha value is -4.56. The van der Waals surface area contributed by atoms with Gasteiger partial charge in [-0.05, 0) is 70.9 Å². The zero-order valence-corrected chi connectivity index (χ0v) is 21.8. The van der Waals surface area contributed by atoms with E-state index < -0.39 is 22.9 Å². The lowest BCUT2D eigenvalue weighted by atomic mass is 10.1. The second-order valence-electron chi connectivity index (χ2n) is 9.02. The van der Waals surface area contributed by atoms with Crippen molar-refractivity contribution < 1.29 is 22.8 Å². The van der Waals surface area contributed by atoms with E-state index in [9.17, 15) is 22.8 Å². The molecule has 0 saturated carbocycles. The van der Waals surface area contributed by atoms with Crippen molar-refractivity contribution in [2.24, 2.45) is 0 Å². The summed E-state index contributed by atoms with van der Waals surface area (Å²) in [7, 11) is 0. The molecule has 0 spiro atoms. The van der Waals surface area contributed by atoms with Gasteiger partial charge in [0.05, 0.1) is 5.56 Å². The Morgan fingerprint density at radius 3 is 2.08 bits per heavy atom. The molecule has 1 atom stereocenters. The number of alkyl halides is 3. The van der Waals surface area contributed by atoms with Crippen LogP contribution in [-0.4, -0.2) is 11.8 Å². The first-order chi connectivity index (χ1) is 19.3. The molecule has 0 radical (unpaired) electrons. The highest BCUT2D eigenvalue weighted by atomic mass is 32.2. The van der Waals surface area contributed by atoms with Gasteiger partial charge < -0.3 is 10.6 Å². The maximum absolute atomic E-state index is 13.3. The standard InChI is InChI=1S/C32H23F3N2O2S/c33-32(34,35)25-11-6-12-27(20-25)37-31(39)29(22-8-2-1-3-9-22)40-28-17-15-26(16-18-28)36-30(38)24-14-13-21-7-4-5-10-23(21)19-24/h1-20,29H,(H,36,38)(H,37,39). The van der Waals surface area contributed by atoms with Gasteiger partial charge in [-0.1, -0.05) is 66.7 Å². The lowest BCUT2D eigenvalue weighted by Gasteiger charge is -2.18. The second-order valence-corrected chi connectivity index (χ2v) is 10.2. The first-order valence-corrected chi connectivity index (χ1v) is 13.2. The Balaban J connectivity index is 1.30. The molecule has 0 heterocycles. The van der Waals surface area contributed by atoms with Crippen LogP contribution in [0.15, 0.2) is 126 Å². The molecular weight excluding hydrogens is 533 g/mol. The average Bonchev–Trinajstić information content (AvgIpc) is 2.96. The largest absolute Gasteiger partial charge is 0.416 e. The van der Waals surface area contributed by atoms with Gasteiger partial charge in [-0.3, -0.25) is 9.59 Å². The molecule has 5 rings (SSSR count). The van der Waals surface area contributed by atoms with E-state index in [1.54, 1.807) is 54.6 Å². The fourth-order valence-corrected chi connectivity index (χ4v) is 5.19. The molecule has 5 aromatic carbocycles. The Kier molecular flexibility index (Phi) is 7.89. The molecule has 8 heteroatoms. The molecule has 2 amide bonds. The highest BCUT2D eigenvalue weighted by molar-refractivity contribution is 8.00. The summed E-state index contributed by atoms with van der Waals surface area (Å²) in [5.74, 6) is -0.696. The summed E-state index contributed by atoms with van der Waals surface area (Å²) in [6.45, 7) is 0. The zero-order valence-electron chi connectivity index (χ0n) is 21.0. The Bertz CT molecular complexity index is 1660. The number of anilines is 2. The Labute approximate surface area is 233 Å². The molecule has 4 nitrogen and oxygen atoms in total. The molecular formula is C32H23F3N2O2S. The van der Waals surface area contributed by atoms with Gasteiger partial charge in [-0.15, -0.1) is 11.8 Å². The molecule has 0 aliphatic carbocycles. The topological polar surface area (TPSA) is 58.2 Å². The minimum atomic E-state index is -4.51. The summed E-state index contributed by atoms with van der Waals surface area (Å²) in [4.78, 5) is 26.8. The summed E-state index contributed by atoms with van der Waals surface area (Å²) >= 11 is 1.26. The summed E-state index contributed by atoms with van der Waals surface area (Å²) in [6.07, 6.45) is -4.51. The predicted octanol–water partition coefficient (Wildman–Crippen LogP) is 8.58. The summed E-state index contributed by atoms with van der Waals surface area (Å²) in [6, 6.07) is 33.9. The highest BCUT2D eigenvalue weighted by Crippen LogP contribution is 2.37. The van der Waals surface area contributed by atoms with Gasteiger partial charge in [0.1, 0.15) is 5.25 Å². The number of halogens is 3. The van der Waals surface area contributed by atoms with Crippen LogP contribution in [0.1, 0.15) is 26.7 Å². The van der Waals surface area contributed by atoms with Crippen LogP contribution < -0.4 is 10.6 Å².